The van der Waals surface area contributed by atoms with Crippen molar-refractivity contribution in [3.8, 4) is 22.7 Å². The van der Waals surface area contributed by atoms with E-state index in [1.54, 1.807) is 17.9 Å². The van der Waals surface area contributed by atoms with Gasteiger partial charge in [0.2, 0.25) is 0 Å². The largest absolute Gasteiger partial charge is 0.497 e. The predicted octanol–water partition coefficient (Wildman–Crippen LogP) is 3.55. The molecule has 23 heavy (non-hydrogen) atoms. The Bertz CT molecular complexity index is 851. The number of nitrogens with zero attached hydrogens (tertiary/aromatic N) is 2. The van der Waals surface area contributed by atoms with Gasteiger partial charge in [0.25, 0.3) is 0 Å². The van der Waals surface area contributed by atoms with E-state index in [1.807, 2.05) is 55.5 Å². The van der Waals surface area contributed by atoms with E-state index in [-0.39, 0.29) is 5.69 Å². The molecule has 5 heteroatoms. The van der Waals surface area contributed by atoms with Crippen molar-refractivity contribution in [1.29, 1.82) is 0 Å². The third-order valence-electron chi connectivity index (χ3n) is 3.57. The first-order valence-corrected chi connectivity index (χ1v) is 7.13. The molecule has 1 aromatic heterocycles. The first-order valence-electron chi connectivity index (χ1n) is 7.13. The quantitative estimate of drug-likeness (QED) is 0.800. The van der Waals surface area contributed by atoms with E-state index in [4.69, 9.17) is 4.74 Å². The summed E-state index contributed by atoms with van der Waals surface area (Å²) in [4.78, 5) is 11.3. The number of hydrogen-bond donors (Lipinski definition) is 1. The van der Waals surface area contributed by atoms with Crippen molar-refractivity contribution in [2.75, 3.05) is 7.11 Å². The number of carboxylic acids is 1. The number of aromatic carboxylic acids is 1. The zero-order valence-corrected chi connectivity index (χ0v) is 12.9. The molecule has 0 aliphatic heterocycles. The van der Waals surface area contributed by atoms with Crippen LogP contribution in [0.1, 0.15) is 16.1 Å². The molecule has 3 aromatic rings. The molecule has 5 nitrogen and oxygen atoms in total. The highest BCUT2D eigenvalue weighted by Gasteiger charge is 2.16. The number of rotatable bonds is 4. The topological polar surface area (TPSA) is 64.4 Å². The maximum absolute atomic E-state index is 11.3. The third kappa shape index (κ3) is 2.94. The maximum Gasteiger partial charge on any atom is 0.356 e. The summed E-state index contributed by atoms with van der Waals surface area (Å²) < 4.78 is 6.86. The Labute approximate surface area is 133 Å². The van der Waals surface area contributed by atoms with E-state index in [1.165, 1.54) is 0 Å². The maximum atomic E-state index is 11.3. The van der Waals surface area contributed by atoms with Gasteiger partial charge < -0.3 is 9.84 Å². The molecule has 0 saturated carbocycles. The number of ether oxygens (including phenoxy) is 1. The van der Waals surface area contributed by atoms with Gasteiger partial charge in [-0.2, -0.15) is 5.10 Å². The van der Waals surface area contributed by atoms with Gasteiger partial charge in [-0.15, -0.1) is 0 Å². The minimum Gasteiger partial charge on any atom is -0.497 e. The summed E-state index contributed by atoms with van der Waals surface area (Å²) in [5.74, 6) is -0.371. The summed E-state index contributed by atoms with van der Waals surface area (Å²) in [6.45, 7) is 2.01. The highest BCUT2D eigenvalue weighted by molar-refractivity contribution is 5.87. The van der Waals surface area contributed by atoms with Crippen LogP contribution >= 0.6 is 0 Å². The van der Waals surface area contributed by atoms with Crippen LogP contribution < -0.4 is 4.74 Å². The molecule has 0 aliphatic rings. The molecule has 0 aliphatic carbocycles. The zero-order chi connectivity index (χ0) is 16.4. The molecule has 0 fully saturated rings. The Morgan fingerprint density at radius 3 is 2.52 bits per heavy atom. The Kier molecular flexibility index (Phi) is 3.85. The van der Waals surface area contributed by atoms with Crippen LogP contribution in [0.2, 0.25) is 0 Å². The molecule has 0 atom stereocenters. The summed E-state index contributed by atoms with van der Waals surface area (Å²) >= 11 is 0. The highest BCUT2D eigenvalue weighted by Crippen LogP contribution is 2.26. The Morgan fingerprint density at radius 1 is 1.13 bits per heavy atom. The van der Waals surface area contributed by atoms with Crippen molar-refractivity contribution in [3.63, 3.8) is 0 Å². The molecule has 1 N–H and O–H groups in total. The summed E-state index contributed by atoms with van der Waals surface area (Å²) in [5, 5.41) is 13.5. The van der Waals surface area contributed by atoms with Gasteiger partial charge in [-0.05, 0) is 25.1 Å². The van der Waals surface area contributed by atoms with Crippen molar-refractivity contribution >= 4 is 5.97 Å². The molecule has 0 amide bonds. The first-order chi connectivity index (χ1) is 11.1. The number of carboxylic acid groups (broad SMARTS) is 1. The zero-order valence-electron chi connectivity index (χ0n) is 12.9. The molecule has 0 unspecified atom stereocenters. The smallest absolute Gasteiger partial charge is 0.356 e. The number of benzene rings is 2. The van der Waals surface area contributed by atoms with E-state index in [2.05, 4.69) is 5.10 Å². The van der Waals surface area contributed by atoms with Crippen LogP contribution in [-0.4, -0.2) is 28.0 Å². The minimum atomic E-state index is -1.06. The van der Waals surface area contributed by atoms with Crippen LogP contribution in [0, 0.1) is 6.92 Å². The van der Waals surface area contributed by atoms with Gasteiger partial charge in [0.15, 0.2) is 5.69 Å². The summed E-state index contributed by atoms with van der Waals surface area (Å²) in [7, 11) is 1.59. The second-order valence-corrected chi connectivity index (χ2v) is 5.20. The Balaban J connectivity index is 2.18. The van der Waals surface area contributed by atoms with Crippen LogP contribution in [-0.2, 0) is 0 Å². The van der Waals surface area contributed by atoms with E-state index in [0.717, 1.165) is 22.5 Å². The molecule has 1 heterocycles. The van der Waals surface area contributed by atoms with Crippen LogP contribution in [0.4, 0.5) is 0 Å². The van der Waals surface area contributed by atoms with Gasteiger partial charge in [0.1, 0.15) is 5.75 Å². The van der Waals surface area contributed by atoms with Gasteiger partial charge in [-0.25, -0.2) is 9.48 Å². The Morgan fingerprint density at radius 2 is 1.87 bits per heavy atom. The van der Waals surface area contributed by atoms with E-state index in [0.29, 0.717) is 5.75 Å². The molecule has 0 bridgehead atoms. The van der Waals surface area contributed by atoms with Crippen molar-refractivity contribution in [2.24, 2.45) is 0 Å². The van der Waals surface area contributed by atoms with Crippen molar-refractivity contribution in [1.82, 2.24) is 9.78 Å². The number of methoxy groups -OCH3 is 1. The second kappa shape index (κ2) is 5.96. The number of carbonyl (C=O) groups is 1. The summed E-state index contributed by atoms with van der Waals surface area (Å²) in [6.07, 6.45) is 0. The normalized spacial score (nSPS) is 10.5. The molecule has 2 aromatic carbocycles. The molecule has 3 rings (SSSR count). The average molecular weight is 308 g/mol. The van der Waals surface area contributed by atoms with E-state index >= 15 is 0 Å². The number of aromatic nitrogens is 2. The Hall–Kier alpha value is -3.08. The fourth-order valence-corrected chi connectivity index (χ4v) is 2.35. The van der Waals surface area contributed by atoms with Crippen LogP contribution in [0.25, 0.3) is 16.9 Å². The lowest BCUT2D eigenvalue weighted by Crippen LogP contribution is -2.02. The third-order valence-corrected chi connectivity index (χ3v) is 3.57. The molecule has 0 radical (unpaired) electrons. The van der Waals surface area contributed by atoms with Crippen molar-refractivity contribution < 1.29 is 14.6 Å². The molecule has 0 saturated heterocycles. The van der Waals surface area contributed by atoms with E-state index in [9.17, 15) is 9.90 Å². The van der Waals surface area contributed by atoms with Crippen LogP contribution in [0.15, 0.2) is 54.6 Å². The standard InChI is InChI=1S/C18H16N2O3/c1-12-6-8-13(9-7-12)17-11-16(18(21)22)19-20(17)14-4-3-5-15(10-14)23-2/h3-11H,1-2H3,(H,21,22). The highest BCUT2D eigenvalue weighted by atomic mass is 16.5. The molecular formula is C18H16N2O3. The average Bonchev–Trinajstić information content (AvgIpc) is 3.01. The molecular weight excluding hydrogens is 292 g/mol. The number of aryl methyl sites for hydroxylation is 1. The van der Waals surface area contributed by atoms with Gasteiger partial charge >= 0.3 is 5.97 Å². The molecule has 0 spiro atoms. The first kappa shape index (κ1) is 14.8. The fraction of sp³-hybridized carbons (Fsp3) is 0.111. The van der Waals surface area contributed by atoms with Crippen LogP contribution in [0.5, 0.6) is 5.75 Å². The van der Waals surface area contributed by atoms with Crippen molar-refractivity contribution in [3.05, 3.63) is 65.9 Å². The lowest BCUT2D eigenvalue weighted by Gasteiger charge is -2.09. The van der Waals surface area contributed by atoms with Gasteiger partial charge in [-0.3, -0.25) is 0 Å². The van der Waals surface area contributed by atoms with Gasteiger partial charge in [0.05, 0.1) is 18.5 Å². The van der Waals surface area contributed by atoms with Gasteiger partial charge in [0, 0.05) is 11.6 Å². The minimum absolute atomic E-state index is 0.00314. The monoisotopic (exact) mass is 308 g/mol. The van der Waals surface area contributed by atoms with Crippen LogP contribution in [0.3, 0.4) is 0 Å². The van der Waals surface area contributed by atoms with Crippen molar-refractivity contribution in [2.45, 2.75) is 6.92 Å². The summed E-state index contributed by atoms with van der Waals surface area (Å²) in [5.41, 5.74) is 3.50. The lowest BCUT2D eigenvalue weighted by atomic mass is 10.1. The molecule has 116 valence electrons. The van der Waals surface area contributed by atoms with Gasteiger partial charge in [-0.1, -0.05) is 35.9 Å². The second-order valence-electron chi connectivity index (χ2n) is 5.20. The fourth-order valence-electron chi connectivity index (χ4n) is 2.35. The van der Waals surface area contributed by atoms with E-state index < -0.39 is 5.97 Å². The lowest BCUT2D eigenvalue weighted by molar-refractivity contribution is 0.0690. The summed E-state index contributed by atoms with van der Waals surface area (Å²) in [6, 6.07) is 16.8. The predicted molar refractivity (Wildman–Crippen MR) is 87.2 cm³/mol. The number of hydrogen-bond acceptors (Lipinski definition) is 3. The SMILES string of the molecule is COc1cccc(-n2nc(C(=O)O)cc2-c2ccc(C)cc2)c1.